The van der Waals surface area contributed by atoms with Crippen LogP contribution in [0.25, 0.3) is 0 Å². The predicted molar refractivity (Wildman–Crippen MR) is 42.8 cm³/mol. The topological polar surface area (TPSA) is 40.5 Å². The Hall–Kier alpha value is -1.01. The molecule has 0 aromatic rings. The summed E-state index contributed by atoms with van der Waals surface area (Å²) < 4.78 is 0. The van der Waals surface area contributed by atoms with E-state index in [0.29, 0.717) is 13.0 Å². The molecule has 0 saturated heterocycles. The van der Waals surface area contributed by atoms with Crippen LogP contribution in [0.1, 0.15) is 13.3 Å². The van der Waals surface area contributed by atoms with E-state index >= 15 is 0 Å². The molecule has 0 rings (SSSR count). The highest BCUT2D eigenvalue weighted by molar-refractivity contribution is 5.93. The van der Waals surface area contributed by atoms with Crippen LogP contribution >= 0.6 is 0 Å². The van der Waals surface area contributed by atoms with Crippen LogP contribution in [0.4, 0.5) is 0 Å². The fraction of sp³-hybridized carbons (Fsp3) is 0.625. The van der Waals surface area contributed by atoms with Gasteiger partial charge in [0.05, 0.1) is 0 Å². The summed E-state index contributed by atoms with van der Waals surface area (Å²) in [5, 5.41) is 8.45. The smallest absolute Gasteiger partial charge is 0.298 e. The minimum Gasteiger partial charge on any atom is -0.396 e. The molecule has 0 radical (unpaired) electrons. The molecule has 0 aromatic heterocycles. The van der Waals surface area contributed by atoms with Crippen molar-refractivity contribution in [1.82, 2.24) is 4.90 Å². The fourth-order valence-electron chi connectivity index (χ4n) is 0.612. The second-order valence-corrected chi connectivity index (χ2v) is 2.18. The number of aliphatic hydroxyl groups is 1. The zero-order chi connectivity index (χ0) is 8.69. The molecular weight excluding hydrogens is 142 g/mol. The lowest BCUT2D eigenvalue weighted by Crippen LogP contribution is -2.26. The van der Waals surface area contributed by atoms with Gasteiger partial charge in [-0.15, -0.1) is 0 Å². The highest BCUT2D eigenvalue weighted by atomic mass is 16.3. The second-order valence-electron chi connectivity index (χ2n) is 2.18. The maximum Gasteiger partial charge on any atom is 0.298 e. The summed E-state index contributed by atoms with van der Waals surface area (Å²) >= 11 is 0. The molecule has 1 N–H and O–H groups in total. The predicted octanol–water partition coefficient (Wildman–Crippen LogP) is -0.149. The number of aliphatic hydroxyl groups excluding tert-OH is 1. The van der Waals surface area contributed by atoms with E-state index in [9.17, 15) is 4.79 Å². The van der Waals surface area contributed by atoms with Crippen LogP contribution in [0.5, 0.6) is 0 Å². The highest BCUT2D eigenvalue weighted by Gasteiger charge is 2.02. The summed E-state index contributed by atoms with van der Waals surface area (Å²) in [6.07, 6.45) is 0.605. The van der Waals surface area contributed by atoms with Gasteiger partial charge in [0, 0.05) is 20.2 Å². The van der Waals surface area contributed by atoms with Crippen molar-refractivity contribution in [2.75, 3.05) is 20.2 Å². The number of hydrogen-bond acceptors (Lipinski definition) is 2. The first-order valence-corrected chi connectivity index (χ1v) is 3.51. The summed E-state index contributed by atoms with van der Waals surface area (Å²) in [5.74, 6) is 4.74. The molecule has 0 saturated carbocycles. The van der Waals surface area contributed by atoms with E-state index in [1.165, 1.54) is 4.90 Å². The fourth-order valence-corrected chi connectivity index (χ4v) is 0.612. The van der Waals surface area contributed by atoms with E-state index in [-0.39, 0.29) is 12.5 Å². The first-order chi connectivity index (χ1) is 5.22. The van der Waals surface area contributed by atoms with Gasteiger partial charge >= 0.3 is 0 Å². The molecule has 1 amide bonds. The van der Waals surface area contributed by atoms with Crippen molar-refractivity contribution in [3.63, 3.8) is 0 Å². The van der Waals surface area contributed by atoms with E-state index in [1.54, 1.807) is 14.0 Å². The number of rotatable bonds is 3. The monoisotopic (exact) mass is 155 g/mol. The zero-order valence-electron chi connectivity index (χ0n) is 6.92. The van der Waals surface area contributed by atoms with Crippen LogP contribution in [0.15, 0.2) is 0 Å². The molecule has 0 atom stereocenters. The Bertz CT molecular complexity index is 178. The minimum absolute atomic E-state index is 0.108. The molecule has 0 spiro atoms. The lowest BCUT2D eigenvalue weighted by Gasteiger charge is -2.11. The third-order valence-corrected chi connectivity index (χ3v) is 1.23. The Morgan fingerprint density at radius 3 is 2.73 bits per heavy atom. The summed E-state index contributed by atoms with van der Waals surface area (Å²) in [6, 6.07) is 0. The average Bonchev–Trinajstić information content (AvgIpc) is 2.00. The van der Waals surface area contributed by atoms with Crippen LogP contribution in [-0.4, -0.2) is 36.1 Å². The number of hydrogen-bond donors (Lipinski definition) is 1. The molecule has 0 bridgehead atoms. The van der Waals surface area contributed by atoms with Gasteiger partial charge in [0.15, 0.2) is 0 Å². The van der Waals surface area contributed by atoms with Gasteiger partial charge in [-0.05, 0) is 19.3 Å². The van der Waals surface area contributed by atoms with Crippen molar-refractivity contribution in [3.8, 4) is 11.8 Å². The Morgan fingerprint density at radius 1 is 1.64 bits per heavy atom. The largest absolute Gasteiger partial charge is 0.396 e. The van der Waals surface area contributed by atoms with E-state index in [1.807, 2.05) is 0 Å². The van der Waals surface area contributed by atoms with Crippen molar-refractivity contribution >= 4 is 5.91 Å². The van der Waals surface area contributed by atoms with Crippen LogP contribution in [0, 0.1) is 11.8 Å². The van der Waals surface area contributed by atoms with Gasteiger partial charge in [0.25, 0.3) is 5.91 Å². The zero-order valence-corrected chi connectivity index (χ0v) is 6.92. The highest BCUT2D eigenvalue weighted by Crippen LogP contribution is 1.86. The van der Waals surface area contributed by atoms with Crippen molar-refractivity contribution in [3.05, 3.63) is 0 Å². The normalized spacial score (nSPS) is 8.27. The van der Waals surface area contributed by atoms with Gasteiger partial charge in [-0.2, -0.15) is 0 Å². The van der Waals surface area contributed by atoms with Crippen LogP contribution in [-0.2, 0) is 4.79 Å². The van der Waals surface area contributed by atoms with Crippen molar-refractivity contribution < 1.29 is 9.90 Å². The first-order valence-electron chi connectivity index (χ1n) is 3.51. The quantitative estimate of drug-likeness (QED) is 0.576. The summed E-state index contributed by atoms with van der Waals surface area (Å²) in [6.45, 7) is 2.29. The standard InChI is InChI=1S/C8H13NO2/c1-3-5-8(11)9(2)6-4-7-10/h10H,4,6-7H2,1-2H3. The molecule has 0 aromatic carbocycles. The maximum absolute atomic E-state index is 10.9. The Kier molecular flexibility index (Phi) is 5.22. The van der Waals surface area contributed by atoms with Gasteiger partial charge in [-0.1, -0.05) is 5.92 Å². The van der Waals surface area contributed by atoms with Crippen molar-refractivity contribution in [2.24, 2.45) is 0 Å². The molecule has 0 fully saturated rings. The Balaban J connectivity index is 3.70. The molecule has 0 heterocycles. The second kappa shape index (κ2) is 5.75. The number of amides is 1. The van der Waals surface area contributed by atoms with Crippen LogP contribution < -0.4 is 0 Å². The minimum atomic E-state index is -0.194. The van der Waals surface area contributed by atoms with E-state index in [0.717, 1.165) is 0 Å². The molecule has 62 valence electrons. The summed E-state index contributed by atoms with van der Waals surface area (Å²) in [5.41, 5.74) is 0. The molecule has 0 aliphatic rings. The molecule has 11 heavy (non-hydrogen) atoms. The molecule has 0 aliphatic carbocycles. The van der Waals surface area contributed by atoms with E-state index in [4.69, 9.17) is 5.11 Å². The maximum atomic E-state index is 10.9. The van der Waals surface area contributed by atoms with Crippen LogP contribution in [0.3, 0.4) is 0 Å². The third kappa shape index (κ3) is 4.40. The van der Waals surface area contributed by atoms with Crippen molar-refractivity contribution in [2.45, 2.75) is 13.3 Å². The van der Waals surface area contributed by atoms with Gasteiger partial charge in [0.1, 0.15) is 0 Å². The summed E-state index contributed by atoms with van der Waals surface area (Å²) in [7, 11) is 1.67. The van der Waals surface area contributed by atoms with Gasteiger partial charge < -0.3 is 10.0 Å². The van der Waals surface area contributed by atoms with Crippen molar-refractivity contribution in [1.29, 1.82) is 0 Å². The Labute approximate surface area is 67.0 Å². The average molecular weight is 155 g/mol. The molecule has 0 unspecified atom stereocenters. The molecule has 3 heteroatoms. The lowest BCUT2D eigenvalue weighted by molar-refractivity contribution is -0.124. The lowest BCUT2D eigenvalue weighted by atomic mass is 10.4. The first kappa shape index (κ1) is 9.99. The van der Waals surface area contributed by atoms with E-state index < -0.39 is 0 Å². The van der Waals surface area contributed by atoms with E-state index in [2.05, 4.69) is 11.8 Å². The third-order valence-electron chi connectivity index (χ3n) is 1.23. The number of nitrogens with zero attached hydrogens (tertiary/aromatic N) is 1. The van der Waals surface area contributed by atoms with Crippen LogP contribution in [0.2, 0.25) is 0 Å². The molecular formula is C8H13NO2. The van der Waals surface area contributed by atoms with Gasteiger partial charge in [-0.3, -0.25) is 4.79 Å². The number of carbonyl (C=O) groups is 1. The number of carbonyl (C=O) groups excluding carboxylic acids is 1. The Morgan fingerprint density at radius 2 is 2.27 bits per heavy atom. The van der Waals surface area contributed by atoms with Gasteiger partial charge in [0.2, 0.25) is 0 Å². The SMILES string of the molecule is CC#CC(=O)N(C)CCCO. The van der Waals surface area contributed by atoms with Gasteiger partial charge in [-0.25, -0.2) is 0 Å². The summed E-state index contributed by atoms with van der Waals surface area (Å²) in [4.78, 5) is 12.4. The molecule has 0 aliphatic heterocycles. The molecule has 3 nitrogen and oxygen atoms in total.